The standard InChI is InChI=1S/C18H20FN2/c19-21-13-11-20(12-14-21)17(15-7-3-1-4-8-15)18(21)16-9-5-2-6-10-16/h1-10,17-18H,11-14H2/q+1/t17-,18-/m1/s1. The van der Waals surface area contributed by atoms with Gasteiger partial charge in [-0.25, -0.2) is 0 Å². The highest BCUT2D eigenvalue weighted by Crippen LogP contribution is 2.49. The number of quaternary nitrogens is 1. The van der Waals surface area contributed by atoms with Gasteiger partial charge in [0.2, 0.25) is 0 Å². The molecule has 0 spiro atoms. The Morgan fingerprint density at radius 1 is 0.810 bits per heavy atom. The molecule has 0 saturated carbocycles. The van der Waals surface area contributed by atoms with Crippen LogP contribution in [0.2, 0.25) is 0 Å². The molecule has 3 heteroatoms. The predicted octanol–water partition coefficient (Wildman–Crippen LogP) is 3.50. The number of hydrogen-bond donors (Lipinski definition) is 0. The van der Waals surface area contributed by atoms with Crippen LogP contribution in [-0.4, -0.2) is 35.8 Å². The summed E-state index contributed by atoms with van der Waals surface area (Å²) in [6.45, 7) is 2.89. The second-order valence-electron chi connectivity index (χ2n) is 6.12. The highest BCUT2D eigenvalue weighted by molar-refractivity contribution is 5.27. The van der Waals surface area contributed by atoms with Gasteiger partial charge in [-0.15, -0.1) is 4.71 Å². The molecule has 0 unspecified atom stereocenters. The van der Waals surface area contributed by atoms with Gasteiger partial charge >= 0.3 is 0 Å². The molecule has 0 aliphatic carbocycles. The van der Waals surface area contributed by atoms with E-state index in [-0.39, 0.29) is 16.8 Å². The molecule has 3 aliphatic rings. The van der Waals surface area contributed by atoms with Crippen LogP contribution in [-0.2, 0) is 0 Å². The Morgan fingerprint density at radius 3 is 1.90 bits per heavy atom. The third kappa shape index (κ3) is 2.08. The molecule has 2 aromatic rings. The molecule has 0 radical (unpaired) electrons. The molecule has 3 aliphatic heterocycles. The van der Waals surface area contributed by atoms with Crippen molar-refractivity contribution >= 4 is 0 Å². The molecule has 5 rings (SSSR count). The van der Waals surface area contributed by atoms with E-state index >= 15 is 4.48 Å². The van der Waals surface area contributed by atoms with Crippen molar-refractivity contribution in [2.75, 3.05) is 26.2 Å². The molecular formula is C18H20FN2+. The first-order valence-electron chi connectivity index (χ1n) is 7.68. The van der Waals surface area contributed by atoms with Gasteiger partial charge < -0.3 is 0 Å². The second kappa shape index (κ2) is 4.93. The number of piperazine rings is 3. The SMILES string of the molecule is F[N+]12CCN(CC1)[C@H](c1ccccc1)[C@H]2c1ccccc1. The molecule has 21 heavy (non-hydrogen) atoms. The van der Waals surface area contributed by atoms with E-state index in [2.05, 4.69) is 41.3 Å². The van der Waals surface area contributed by atoms with Gasteiger partial charge in [0, 0.05) is 5.56 Å². The maximum absolute atomic E-state index is 15.5. The zero-order valence-corrected chi connectivity index (χ0v) is 12.0. The largest absolute Gasteiger partial charge is 0.279 e. The third-order valence-electron chi connectivity index (χ3n) is 4.99. The molecule has 108 valence electrons. The third-order valence-corrected chi connectivity index (χ3v) is 4.99. The maximum Gasteiger partial charge on any atom is 0.170 e. The molecule has 0 N–H and O–H groups in total. The molecular weight excluding hydrogens is 263 g/mol. The van der Waals surface area contributed by atoms with Crippen LogP contribution in [0, 0.1) is 0 Å². The minimum Gasteiger partial charge on any atom is -0.279 e. The Labute approximate surface area is 124 Å². The minimum atomic E-state index is -0.319. The van der Waals surface area contributed by atoms with Gasteiger partial charge in [-0.3, -0.25) is 4.90 Å². The van der Waals surface area contributed by atoms with Gasteiger partial charge in [0.1, 0.15) is 13.1 Å². The molecule has 2 nitrogen and oxygen atoms in total. The molecule has 2 bridgehead atoms. The molecule has 0 amide bonds. The summed E-state index contributed by atoms with van der Waals surface area (Å²) in [6, 6.07) is 20.6. The summed E-state index contributed by atoms with van der Waals surface area (Å²) >= 11 is 0. The van der Waals surface area contributed by atoms with Crippen molar-refractivity contribution in [1.82, 2.24) is 4.90 Å². The van der Waals surface area contributed by atoms with E-state index in [0.717, 1.165) is 18.7 Å². The molecule has 2 atom stereocenters. The summed E-state index contributed by atoms with van der Waals surface area (Å²) in [4.78, 5) is 2.45. The van der Waals surface area contributed by atoms with E-state index in [1.165, 1.54) is 5.56 Å². The van der Waals surface area contributed by atoms with Crippen molar-refractivity contribution in [3.8, 4) is 0 Å². The van der Waals surface area contributed by atoms with Gasteiger partial charge in [-0.2, -0.15) is 0 Å². The fourth-order valence-electron chi connectivity index (χ4n) is 3.97. The first-order valence-corrected chi connectivity index (χ1v) is 7.68. The van der Waals surface area contributed by atoms with Crippen molar-refractivity contribution in [1.29, 1.82) is 0 Å². The van der Waals surface area contributed by atoms with Crippen LogP contribution in [0.5, 0.6) is 0 Å². The normalized spacial score (nSPS) is 34.8. The molecule has 2 aromatic carbocycles. The first-order chi connectivity index (χ1) is 10.3. The lowest BCUT2D eigenvalue weighted by molar-refractivity contribution is -1.09. The molecule has 3 heterocycles. The van der Waals surface area contributed by atoms with Crippen molar-refractivity contribution in [2.24, 2.45) is 0 Å². The van der Waals surface area contributed by atoms with Gasteiger partial charge in [-0.05, 0) is 10.0 Å². The van der Waals surface area contributed by atoms with E-state index in [1.807, 2.05) is 24.3 Å². The molecule has 3 saturated heterocycles. The van der Waals surface area contributed by atoms with Crippen LogP contribution in [0.3, 0.4) is 0 Å². The lowest BCUT2D eigenvalue weighted by atomic mass is 9.86. The van der Waals surface area contributed by atoms with E-state index < -0.39 is 0 Å². The van der Waals surface area contributed by atoms with Crippen molar-refractivity contribution < 1.29 is 9.19 Å². The highest BCUT2D eigenvalue weighted by atomic mass is 19.2. The zero-order chi connectivity index (χ0) is 14.3. The Balaban J connectivity index is 1.83. The fraction of sp³-hybridized carbons (Fsp3) is 0.333. The summed E-state index contributed by atoms with van der Waals surface area (Å²) in [7, 11) is 0. The fourth-order valence-corrected chi connectivity index (χ4v) is 3.97. The maximum atomic E-state index is 15.5. The first kappa shape index (κ1) is 13.0. The number of rotatable bonds is 2. The summed E-state index contributed by atoms with van der Waals surface area (Å²) in [6.07, 6.45) is 0. The summed E-state index contributed by atoms with van der Waals surface area (Å²) in [5.41, 5.74) is 2.34. The Hall–Kier alpha value is -1.71. The van der Waals surface area contributed by atoms with E-state index in [4.69, 9.17) is 0 Å². The number of fused-ring (bicyclic) bond motifs is 3. The van der Waals surface area contributed by atoms with Crippen molar-refractivity contribution in [3.63, 3.8) is 0 Å². The zero-order valence-electron chi connectivity index (χ0n) is 12.0. The monoisotopic (exact) mass is 283 g/mol. The van der Waals surface area contributed by atoms with Crippen molar-refractivity contribution in [3.05, 3.63) is 71.8 Å². The topological polar surface area (TPSA) is 3.24 Å². The molecule has 3 fully saturated rings. The quantitative estimate of drug-likeness (QED) is 0.763. The molecule has 0 aromatic heterocycles. The van der Waals surface area contributed by atoms with Crippen molar-refractivity contribution in [2.45, 2.75) is 12.1 Å². The summed E-state index contributed by atoms with van der Waals surface area (Å²) in [5.74, 6) is 0. The average Bonchev–Trinajstić information content (AvgIpc) is 2.56. The van der Waals surface area contributed by atoms with Crippen LogP contribution in [0.1, 0.15) is 23.2 Å². The van der Waals surface area contributed by atoms with Gasteiger partial charge in [0.15, 0.2) is 6.04 Å². The van der Waals surface area contributed by atoms with Crippen LogP contribution < -0.4 is 0 Å². The summed E-state index contributed by atoms with van der Waals surface area (Å²) < 4.78 is 15.2. The predicted molar refractivity (Wildman–Crippen MR) is 81.0 cm³/mol. The van der Waals surface area contributed by atoms with Gasteiger partial charge in [-0.1, -0.05) is 60.7 Å². The lowest BCUT2D eigenvalue weighted by Gasteiger charge is -2.52. The highest BCUT2D eigenvalue weighted by Gasteiger charge is 2.55. The smallest absolute Gasteiger partial charge is 0.170 e. The Bertz CT molecular complexity index is 606. The number of nitrogens with zero attached hydrogens (tertiary/aromatic N) is 2. The van der Waals surface area contributed by atoms with Gasteiger partial charge in [0.05, 0.1) is 19.1 Å². The Morgan fingerprint density at radius 2 is 1.33 bits per heavy atom. The van der Waals surface area contributed by atoms with E-state index in [1.54, 1.807) is 0 Å². The minimum absolute atomic E-state index is 0.115. The van der Waals surface area contributed by atoms with Crippen LogP contribution in [0.25, 0.3) is 0 Å². The lowest BCUT2D eigenvalue weighted by Crippen LogP contribution is -2.65. The van der Waals surface area contributed by atoms with E-state index in [9.17, 15) is 0 Å². The van der Waals surface area contributed by atoms with Crippen LogP contribution in [0.4, 0.5) is 4.48 Å². The van der Waals surface area contributed by atoms with E-state index in [0.29, 0.717) is 13.1 Å². The average molecular weight is 283 g/mol. The second-order valence-corrected chi connectivity index (χ2v) is 6.12. The number of halogens is 1. The Kier molecular flexibility index (Phi) is 3.05. The number of benzene rings is 2. The number of hydrogen-bond acceptors (Lipinski definition) is 1. The van der Waals surface area contributed by atoms with Gasteiger partial charge in [0.25, 0.3) is 0 Å². The van der Waals surface area contributed by atoms with Crippen LogP contribution in [0.15, 0.2) is 60.7 Å². The summed E-state index contributed by atoms with van der Waals surface area (Å²) in [5, 5.41) is 0. The van der Waals surface area contributed by atoms with Crippen LogP contribution >= 0.6 is 0 Å².